The second-order valence-corrected chi connectivity index (χ2v) is 5.29. The zero-order valence-electron chi connectivity index (χ0n) is 12.9. The Morgan fingerprint density at radius 2 is 1.92 bits per heavy atom. The minimum Gasteiger partial charge on any atom is -0.465 e. The number of hydrogen-bond acceptors (Lipinski definition) is 6. The van der Waals surface area contributed by atoms with Gasteiger partial charge in [-0.3, -0.25) is 0 Å². The molecule has 0 saturated carbocycles. The molecule has 0 aliphatic heterocycles. The van der Waals surface area contributed by atoms with Gasteiger partial charge in [0.15, 0.2) is 0 Å². The lowest BCUT2D eigenvalue weighted by atomic mass is 10.2. The SMILES string of the molecule is COC(=O)c1ccc(NCn2nc(-c3ccccc3)oc2=S)cc1. The normalized spacial score (nSPS) is 10.4. The van der Waals surface area contributed by atoms with Gasteiger partial charge in [-0.25, -0.2) is 9.48 Å². The summed E-state index contributed by atoms with van der Waals surface area (Å²) >= 11 is 5.19. The van der Waals surface area contributed by atoms with Gasteiger partial charge < -0.3 is 14.5 Å². The highest BCUT2D eigenvalue weighted by Crippen LogP contribution is 2.17. The number of carbonyl (C=O) groups excluding carboxylic acids is 1. The largest absolute Gasteiger partial charge is 0.465 e. The molecule has 0 atom stereocenters. The highest BCUT2D eigenvalue weighted by Gasteiger charge is 2.08. The highest BCUT2D eigenvalue weighted by atomic mass is 32.1. The van der Waals surface area contributed by atoms with E-state index in [1.54, 1.807) is 28.9 Å². The van der Waals surface area contributed by atoms with Crippen molar-refractivity contribution in [3.05, 3.63) is 65.0 Å². The zero-order chi connectivity index (χ0) is 16.9. The number of anilines is 1. The van der Waals surface area contributed by atoms with Crippen molar-refractivity contribution >= 4 is 23.9 Å². The summed E-state index contributed by atoms with van der Waals surface area (Å²) < 4.78 is 11.7. The number of rotatable bonds is 5. The van der Waals surface area contributed by atoms with Crippen LogP contribution in [0.3, 0.4) is 0 Å². The molecule has 1 heterocycles. The predicted octanol–water partition coefficient (Wildman–Crippen LogP) is 3.73. The van der Waals surface area contributed by atoms with Crippen molar-refractivity contribution in [1.29, 1.82) is 0 Å². The number of aromatic nitrogens is 2. The quantitative estimate of drug-likeness (QED) is 0.563. The molecule has 0 bridgehead atoms. The topological polar surface area (TPSA) is 69.3 Å². The summed E-state index contributed by atoms with van der Waals surface area (Å²) in [6.45, 7) is 0.354. The van der Waals surface area contributed by atoms with Crippen LogP contribution in [0.25, 0.3) is 11.5 Å². The molecule has 122 valence electrons. The zero-order valence-corrected chi connectivity index (χ0v) is 13.7. The van der Waals surface area contributed by atoms with E-state index in [0.29, 0.717) is 18.1 Å². The van der Waals surface area contributed by atoms with E-state index in [2.05, 4.69) is 15.2 Å². The van der Waals surface area contributed by atoms with Gasteiger partial charge in [0.25, 0.3) is 4.84 Å². The van der Waals surface area contributed by atoms with Crippen molar-refractivity contribution in [1.82, 2.24) is 9.78 Å². The molecule has 1 aromatic heterocycles. The van der Waals surface area contributed by atoms with Crippen LogP contribution in [-0.2, 0) is 11.4 Å². The number of nitrogens with one attached hydrogen (secondary N) is 1. The van der Waals surface area contributed by atoms with E-state index in [1.807, 2.05) is 30.3 Å². The first kappa shape index (κ1) is 15.9. The van der Waals surface area contributed by atoms with Crippen LogP contribution >= 0.6 is 12.2 Å². The summed E-state index contributed by atoms with van der Waals surface area (Å²) in [5.74, 6) is 0.108. The maximum absolute atomic E-state index is 11.4. The van der Waals surface area contributed by atoms with E-state index in [0.717, 1.165) is 11.3 Å². The Morgan fingerprint density at radius 3 is 2.58 bits per heavy atom. The van der Waals surface area contributed by atoms with Crippen molar-refractivity contribution in [3.8, 4) is 11.5 Å². The van der Waals surface area contributed by atoms with Crippen molar-refractivity contribution < 1.29 is 13.9 Å². The standard InChI is InChI=1S/C17H15N3O3S/c1-22-16(21)13-7-9-14(10-8-13)18-11-20-17(24)23-15(19-20)12-5-3-2-4-6-12/h2-10,18H,11H2,1H3. The number of methoxy groups -OCH3 is 1. The van der Waals surface area contributed by atoms with E-state index in [4.69, 9.17) is 16.6 Å². The minimum atomic E-state index is -0.368. The summed E-state index contributed by atoms with van der Waals surface area (Å²) in [5.41, 5.74) is 2.19. The Bertz CT molecular complexity index is 885. The molecule has 0 unspecified atom stereocenters. The van der Waals surface area contributed by atoms with E-state index < -0.39 is 0 Å². The average molecular weight is 341 g/mol. The summed E-state index contributed by atoms with van der Waals surface area (Å²) in [4.78, 5) is 11.7. The first-order valence-electron chi connectivity index (χ1n) is 7.23. The Labute approximate surface area is 143 Å². The lowest BCUT2D eigenvalue weighted by Gasteiger charge is -2.06. The molecule has 24 heavy (non-hydrogen) atoms. The van der Waals surface area contributed by atoms with Crippen LogP contribution in [0, 0.1) is 4.84 Å². The van der Waals surface area contributed by atoms with Crippen molar-refractivity contribution in [2.24, 2.45) is 0 Å². The lowest BCUT2D eigenvalue weighted by molar-refractivity contribution is 0.0601. The monoisotopic (exact) mass is 341 g/mol. The number of carbonyl (C=O) groups is 1. The molecule has 0 amide bonds. The molecule has 0 radical (unpaired) electrons. The van der Waals surface area contributed by atoms with Gasteiger partial charge in [-0.1, -0.05) is 18.2 Å². The van der Waals surface area contributed by atoms with Crippen LogP contribution in [0.1, 0.15) is 10.4 Å². The second-order valence-electron chi connectivity index (χ2n) is 4.94. The van der Waals surface area contributed by atoms with Gasteiger partial charge in [-0.15, -0.1) is 5.10 Å². The minimum absolute atomic E-state index is 0.285. The molecule has 2 aromatic carbocycles. The Kier molecular flexibility index (Phi) is 4.72. The molecule has 3 aromatic rings. The number of ether oxygens (including phenoxy) is 1. The molecule has 0 saturated heterocycles. The Hall–Kier alpha value is -2.93. The van der Waals surface area contributed by atoms with Crippen LogP contribution < -0.4 is 5.32 Å². The molecule has 3 rings (SSSR count). The fourth-order valence-electron chi connectivity index (χ4n) is 2.11. The third-order valence-electron chi connectivity index (χ3n) is 3.37. The second kappa shape index (κ2) is 7.10. The molecule has 7 heteroatoms. The van der Waals surface area contributed by atoms with Crippen LogP contribution in [0.15, 0.2) is 59.0 Å². The van der Waals surface area contributed by atoms with Crippen LogP contribution in [0.2, 0.25) is 0 Å². The number of hydrogen-bond donors (Lipinski definition) is 1. The summed E-state index contributed by atoms with van der Waals surface area (Å²) in [6.07, 6.45) is 0. The molecule has 1 N–H and O–H groups in total. The van der Waals surface area contributed by atoms with E-state index in [-0.39, 0.29) is 10.8 Å². The van der Waals surface area contributed by atoms with Gasteiger partial charge in [0, 0.05) is 11.3 Å². The molecule has 0 fully saturated rings. The van der Waals surface area contributed by atoms with Gasteiger partial charge >= 0.3 is 5.97 Å². The average Bonchev–Trinajstić information content (AvgIpc) is 3.01. The molecular formula is C17H15N3O3S. The fraction of sp³-hybridized carbons (Fsp3) is 0.118. The molecular weight excluding hydrogens is 326 g/mol. The van der Waals surface area contributed by atoms with Crippen LogP contribution in [0.4, 0.5) is 5.69 Å². The first-order chi connectivity index (χ1) is 11.7. The summed E-state index contributed by atoms with van der Waals surface area (Å²) in [6, 6.07) is 16.5. The fourth-order valence-corrected chi connectivity index (χ4v) is 2.30. The Morgan fingerprint density at radius 1 is 1.21 bits per heavy atom. The summed E-state index contributed by atoms with van der Waals surface area (Å²) in [7, 11) is 1.35. The lowest BCUT2D eigenvalue weighted by Crippen LogP contribution is -2.10. The van der Waals surface area contributed by atoms with E-state index in [9.17, 15) is 4.79 Å². The molecule has 0 spiro atoms. The Balaban J connectivity index is 1.70. The predicted molar refractivity (Wildman–Crippen MR) is 92.2 cm³/mol. The van der Waals surface area contributed by atoms with Crippen LogP contribution in [0.5, 0.6) is 0 Å². The van der Waals surface area contributed by atoms with Gasteiger partial charge in [-0.05, 0) is 48.6 Å². The molecule has 0 aliphatic rings. The van der Waals surface area contributed by atoms with Crippen LogP contribution in [-0.4, -0.2) is 22.9 Å². The van der Waals surface area contributed by atoms with Gasteiger partial charge in [0.1, 0.15) is 6.67 Å². The maximum atomic E-state index is 11.4. The van der Waals surface area contributed by atoms with E-state index >= 15 is 0 Å². The molecule has 6 nitrogen and oxygen atoms in total. The third kappa shape index (κ3) is 3.52. The smallest absolute Gasteiger partial charge is 0.337 e. The van der Waals surface area contributed by atoms with Crippen molar-refractivity contribution in [2.75, 3.05) is 12.4 Å². The van der Waals surface area contributed by atoms with Crippen molar-refractivity contribution in [2.45, 2.75) is 6.67 Å². The highest BCUT2D eigenvalue weighted by molar-refractivity contribution is 7.71. The van der Waals surface area contributed by atoms with Gasteiger partial charge in [0.2, 0.25) is 5.89 Å². The third-order valence-corrected chi connectivity index (χ3v) is 3.66. The summed E-state index contributed by atoms with van der Waals surface area (Å²) in [5, 5.41) is 7.54. The number of benzene rings is 2. The number of nitrogens with zero attached hydrogens (tertiary/aromatic N) is 2. The van der Waals surface area contributed by atoms with E-state index in [1.165, 1.54) is 7.11 Å². The first-order valence-corrected chi connectivity index (χ1v) is 7.64. The van der Waals surface area contributed by atoms with Crippen molar-refractivity contribution in [3.63, 3.8) is 0 Å². The maximum Gasteiger partial charge on any atom is 0.337 e. The van der Waals surface area contributed by atoms with Gasteiger partial charge in [-0.2, -0.15) is 0 Å². The number of esters is 1. The van der Waals surface area contributed by atoms with Gasteiger partial charge in [0.05, 0.1) is 12.7 Å². The molecule has 0 aliphatic carbocycles.